The normalized spacial score (nSPS) is 23.3. The second-order valence-electron chi connectivity index (χ2n) is 4.73. The van der Waals surface area contributed by atoms with Crippen LogP contribution in [0, 0.1) is 0 Å². The Balaban J connectivity index is 2.32. The Morgan fingerprint density at radius 3 is 2.56 bits per heavy atom. The summed E-state index contributed by atoms with van der Waals surface area (Å²) in [6.07, 6.45) is 1.54. The van der Waals surface area contributed by atoms with Crippen molar-refractivity contribution in [3.05, 3.63) is 11.5 Å². The fourth-order valence-corrected chi connectivity index (χ4v) is 2.56. The van der Waals surface area contributed by atoms with Crippen molar-refractivity contribution in [2.75, 3.05) is 12.3 Å². The number of esters is 1. The molecule has 1 unspecified atom stereocenters. The van der Waals surface area contributed by atoms with Crippen LogP contribution in [0.2, 0.25) is 0 Å². The van der Waals surface area contributed by atoms with Gasteiger partial charge in [0.25, 0.3) is 0 Å². The van der Waals surface area contributed by atoms with Crippen LogP contribution in [0.1, 0.15) is 20.8 Å². The van der Waals surface area contributed by atoms with Crippen LogP contribution in [0.5, 0.6) is 0 Å². The van der Waals surface area contributed by atoms with Crippen LogP contribution >= 0.6 is 0 Å². The Labute approximate surface area is 95.8 Å². The third kappa shape index (κ3) is 4.76. The summed E-state index contributed by atoms with van der Waals surface area (Å²) in [5.74, 6) is -0.374. The fraction of sp³-hybridized carbons (Fsp3) is 0.700. The van der Waals surface area contributed by atoms with Gasteiger partial charge >= 0.3 is 5.97 Å². The van der Waals surface area contributed by atoms with E-state index in [1.54, 1.807) is 26.8 Å². The molecule has 0 amide bonds. The second-order valence-corrected chi connectivity index (χ2v) is 6.66. The molecule has 0 spiro atoms. The largest absolute Gasteiger partial charge is 0.459 e. The van der Waals surface area contributed by atoms with Crippen LogP contribution in [0.3, 0.4) is 0 Å². The molecule has 0 saturated heterocycles. The molecule has 0 saturated carbocycles. The molecule has 0 fully saturated rings. The van der Waals surface area contributed by atoms with Gasteiger partial charge in [0.1, 0.15) is 5.60 Å². The fourth-order valence-electron chi connectivity index (χ4n) is 1.29. The molecule has 0 bridgehead atoms. The summed E-state index contributed by atoms with van der Waals surface area (Å²) in [5, 5.41) is 3.99. The summed E-state index contributed by atoms with van der Waals surface area (Å²) in [7, 11) is -3.07. The van der Waals surface area contributed by atoms with Crippen LogP contribution in [-0.4, -0.2) is 38.3 Å². The summed E-state index contributed by atoms with van der Waals surface area (Å²) in [6.45, 7) is 5.36. The van der Waals surface area contributed by atoms with Crippen molar-refractivity contribution in [3.8, 4) is 0 Å². The van der Waals surface area contributed by atoms with Crippen LogP contribution < -0.4 is 5.32 Å². The molecule has 92 valence electrons. The van der Waals surface area contributed by atoms with Gasteiger partial charge < -0.3 is 4.74 Å². The number of hydrogen-bond donors (Lipinski definition) is 1. The van der Waals surface area contributed by atoms with Crippen molar-refractivity contribution < 1.29 is 17.9 Å². The van der Waals surface area contributed by atoms with Gasteiger partial charge in [0.05, 0.1) is 12.3 Å². The van der Waals surface area contributed by atoms with Crippen molar-refractivity contribution >= 4 is 15.8 Å². The number of carbonyl (C=O) groups is 1. The molecule has 0 aromatic rings. The van der Waals surface area contributed by atoms with Crippen molar-refractivity contribution in [1.82, 2.24) is 5.32 Å². The van der Waals surface area contributed by atoms with Crippen LogP contribution in [0.4, 0.5) is 0 Å². The summed E-state index contributed by atoms with van der Waals surface area (Å²) in [6, 6.07) is -0.294. The highest BCUT2D eigenvalue weighted by Gasteiger charge is 2.23. The minimum absolute atomic E-state index is 0.00972. The first-order chi connectivity index (χ1) is 7.18. The van der Waals surface area contributed by atoms with Crippen molar-refractivity contribution in [3.63, 3.8) is 0 Å². The first-order valence-electron chi connectivity index (χ1n) is 5.04. The molecule has 1 aliphatic rings. The molecule has 1 atom stereocenters. The summed E-state index contributed by atoms with van der Waals surface area (Å²) in [5.41, 5.74) is -0.518. The van der Waals surface area contributed by atoms with Crippen molar-refractivity contribution in [2.24, 2.45) is 0 Å². The van der Waals surface area contributed by atoms with E-state index in [0.717, 1.165) is 0 Å². The van der Waals surface area contributed by atoms with Gasteiger partial charge in [-0.3, -0.25) is 10.1 Å². The van der Waals surface area contributed by atoms with E-state index in [1.807, 2.05) is 0 Å². The zero-order chi connectivity index (χ0) is 12.4. The van der Waals surface area contributed by atoms with Gasteiger partial charge in [-0.2, -0.15) is 0 Å². The third-order valence-electron chi connectivity index (χ3n) is 1.86. The van der Waals surface area contributed by atoms with Crippen LogP contribution in [-0.2, 0) is 19.4 Å². The highest BCUT2D eigenvalue weighted by Crippen LogP contribution is 2.09. The summed E-state index contributed by atoms with van der Waals surface area (Å²) < 4.78 is 27.2. The van der Waals surface area contributed by atoms with E-state index < -0.39 is 15.4 Å². The Morgan fingerprint density at radius 2 is 2.12 bits per heavy atom. The topological polar surface area (TPSA) is 72.5 Å². The molecular formula is C10H17NO4S. The van der Waals surface area contributed by atoms with Crippen LogP contribution in [0.25, 0.3) is 0 Å². The molecule has 0 aliphatic carbocycles. The number of hydrogen-bond acceptors (Lipinski definition) is 5. The van der Waals surface area contributed by atoms with E-state index in [9.17, 15) is 13.2 Å². The van der Waals surface area contributed by atoms with Crippen LogP contribution in [0.15, 0.2) is 11.5 Å². The Morgan fingerprint density at radius 1 is 1.50 bits per heavy atom. The SMILES string of the molecule is CC(C)(C)OC(=O)CNC1C=CS(=O)(=O)C1. The first kappa shape index (κ1) is 13.2. The summed E-state index contributed by atoms with van der Waals surface area (Å²) >= 11 is 0. The van der Waals surface area contributed by atoms with Gasteiger partial charge in [0.2, 0.25) is 0 Å². The Bertz CT molecular complexity index is 392. The van der Waals surface area contributed by atoms with Crippen molar-refractivity contribution in [1.29, 1.82) is 0 Å². The van der Waals surface area contributed by atoms with Gasteiger partial charge in [-0.05, 0) is 20.8 Å². The quantitative estimate of drug-likeness (QED) is 0.723. The third-order valence-corrected chi connectivity index (χ3v) is 3.25. The molecule has 1 N–H and O–H groups in total. The van der Waals surface area contributed by atoms with E-state index >= 15 is 0 Å². The Hall–Kier alpha value is -0.880. The lowest BCUT2D eigenvalue weighted by molar-refractivity contribution is -0.153. The average molecular weight is 247 g/mol. The second kappa shape index (κ2) is 4.55. The van der Waals surface area contributed by atoms with Gasteiger partial charge in [-0.25, -0.2) is 8.42 Å². The molecule has 0 radical (unpaired) electrons. The minimum atomic E-state index is -3.07. The molecule has 5 nitrogen and oxygen atoms in total. The number of carbonyl (C=O) groups excluding carboxylic acids is 1. The number of ether oxygens (including phenoxy) is 1. The monoisotopic (exact) mass is 247 g/mol. The van der Waals surface area contributed by atoms with E-state index in [2.05, 4.69) is 5.32 Å². The predicted octanol–water partition coefficient (Wildman–Crippen LogP) is 0.228. The standard InChI is InChI=1S/C10H17NO4S/c1-10(2,3)15-9(12)6-11-8-4-5-16(13,14)7-8/h4-5,8,11H,6-7H2,1-3H3. The van der Waals surface area contributed by atoms with Gasteiger partial charge in [0.15, 0.2) is 9.84 Å². The van der Waals surface area contributed by atoms with E-state index in [1.165, 1.54) is 5.41 Å². The molecule has 1 aliphatic heterocycles. The number of nitrogens with one attached hydrogen (secondary N) is 1. The van der Waals surface area contributed by atoms with Crippen molar-refractivity contribution in [2.45, 2.75) is 32.4 Å². The minimum Gasteiger partial charge on any atom is -0.459 e. The van der Waals surface area contributed by atoms with Gasteiger partial charge in [0, 0.05) is 11.4 Å². The number of rotatable bonds is 3. The highest BCUT2D eigenvalue weighted by molar-refractivity contribution is 7.94. The molecule has 6 heteroatoms. The Kier molecular flexibility index (Phi) is 3.75. The lowest BCUT2D eigenvalue weighted by Gasteiger charge is -2.20. The molecule has 16 heavy (non-hydrogen) atoms. The zero-order valence-corrected chi connectivity index (χ0v) is 10.5. The average Bonchev–Trinajstić information content (AvgIpc) is 2.39. The smallest absolute Gasteiger partial charge is 0.320 e. The lowest BCUT2D eigenvalue weighted by Crippen LogP contribution is -2.37. The summed E-state index contributed by atoms with van der Waals surface area (Å²) in [4.78, 5) is 11.3. The van der Waals surface area contributed by atoms with E-state index in [4.69, 9.17) is 4.74 Å². The number of sulfone groups is 1. The molecular weight excluding hydrogens is 230 g/mol. The molecule has 1 heterocycles. The first-order valence-corrected chi connectivity index (χ1v) is 6.76. The highest BCUT2D eigenvalue weighted by atomic mass is 32.2. The predicted molar refractivity (Wildman–Crippen MR) is 60.6 cm³/mol. The maximum atomic E-state index is 11.3. The lowest BCUT2D eigenvalue weighted by atomic mass is 10.2. The van der Waals surface area contributed by atoms with Gasteiger partial charge in [-0.1, -0.05) is 6.08 Å². The maximum Gasteiger partial charge on any atom is 0.320 e. The molecule has 0 aromatic carbocycles. The van der Waals surface area contributed by atoms with Gasteiger partial charge in [-0.15, -0.1) is 0 Å². The van der Waals surface area contributed by atoms with E-state index in [0.29, 0.717) is 0 Å². The van der Waals surface area contributed by atoms with E-state index in [-0.39, 0.29) is 24.3 Å². The molecule has 0 aromatic heterocycles. The zero-order valence-electron chi connectivity index (χ0n) is 9.69. The molecule has 1 rings (SSSR count). The maximum absolute atomic E-state index is 11.3.